The number of hydrogen-bond donors (Lipinski definition) is 1. The van der Waals surface area contributed by atoms with Crippen molar-refractivity contribution < 1.29 is 14.3 Å². The van der Waals surface area contributed by atoms with Crippen LogP contribution in [-0.2, 0) is 14.3 Å². The molecule has 0 atom stereocenters. The first-order chi connectivity index (χ1) is 9.58. The zero-order chi connectivity index (χ0) is 14.5. The molecule has 0 spiro atoms. The Morgan fingerprint density at radius 1 is 1.40 bits per heavy atom. The highest BCUT2D eigenvalue weighted by Gasteiger charge is 2.10. The van der Waals surface area contributed by atoms with Crippen molar-refractivity contribution >= 4 is 50.2 Å². The van der Waals surface area contributed by atoms with E-state index < -0.39 is 0 Å². The summed E-state index contributed by atoms with van der Waals surface area (Å²) >= 11 is 7.23. The average molecular weight is 313 g/mol. The van der Waals surface area contributed by atoms with E-state index in [2.05, 4.69) is 10.3 Å². The maximum absolute atomic E-state index is 11.7. The van der Waals surface area contributed by atoms with Gasteiger partial charge in [0.15, 0.2) is 5.13 Å². The van der Waals surface area contributed by atoms with Gasteiger partial charge >= 0.3 is 5.97 Å². The van der Waals surface area contributed by atoms with E-state index in [1.54, 1.807) is 25.1 Å². The Kier molecular flexibility index (Phi) is 4.92. The summed E-state index contributed by atoms with van der Waals surface area (Å²) in [6.45, 7) is 2.04. The van der Waals surface area contributed by atoms with Crippen LogP contribution in [0.1, 0.15) is 19.8 Å². The monoisotopic (exact) mass is 312 g/mol. The minimum atomic E-state index is -0.376. The third kappa shape index (κ3) is 3.91. The molecule has 106 valence electrons. The van der Waals surface area contributed by atoms with Crippen molar-refractivity contribution in [2.24, 2.45) is 0 Å². The van der Waals surface area contributed by atoms with Gasteiger partial charge in [-0.05, 0) is 25.1 Å². The molecule has 0 radical (unpaired) electrons. The van der Waals surface area contributed by atoms with Gasteiger partial charge in [-0.3, -0.25) is 9.59 Å². The van der Waals surface area contributed by atoms with Crippen molar-refractivity contribution in [3.8, 4) is 0 Å². The number of thiazole rings is 1. The number of nitrogens with one attached hydrogen (secondary N) is 1. The Bertz CT molecular complexity index is 642. The molecule has 0 aliphatic rings. The number of hydrogen-bond acceptors (Lipinski definition) is 5. The maximum Gasteiger partial charge on any atom is 0.306 e. The summed E-state index contributed by atoms with van der Waals surface area (Å²) in [5.41, 5.74) is 0.778. The number of halogens is 1. The standard InChI is InChI=1S/C13H13ClN2O3S/c1-2-19-12(18)6-5-11(17)16-13-15-9-4-3-8(14)7-10(9)20-13/h3-4,7H,2,5-6H2,1H3,(H,15,16,17). The number of anilines is 1. The molecule has 0 aliphatic carbocycles. The van der Waals surface area contributed by atoms with Crippen molar-refractivity contribution in [2.45, 2.75) is 19.8 Å². The predicted molar refractivity (Wildman–Crippen MR) is 79.1 cm³/mol. The van der Waals surface area contributed by atoms with E-state index in [0.29, 0.717) is 16.8 Å². The third-order valence-corrected chi connectivity index (χ3v) is 3.63. The number of aromatic nitrogens is 1. The molecule has 1 N–H and O–H groups in total. The number of ether oxygens (including phenoxy) is 1. The van der Waals surface area contributed by atoms with Gasteiger partial charge in [-0.2, -0.15) is 0 Å². The fourth-order valence-electron chi connectivity index (χ4n) is 1.58. The predicted octanol–water partition coefficient (Wildman–Crippen LogP) is 3.23. The van der Waals surface area contributed by atoms with Crippen LogP contribution in [0.4, 0.5) is 5.13 Å². The minimum Gasteiger partial charge on any atom is -0.466 e. The number of amides is 1. The summed E-state index contributed by atoms with van der Waals surface area (Å²) in [6, 6.07) is 5.33. The molecule has 7 heteroatoms. The normalized spacial score (nSPS) is 10.5. The summed E-state index contributed by atoms with van der Waals surface area (Å²) in [7, 11) is 0. The summed E-state index contributed by atoms with van der Waals surface area (Å²) in [5, 5.41) is 3.79. The smallest absolute Gasteiger partial charge is 0.306 e. The number of fused-ring (bicyclic) bond motifs is 1. The van der Waals surface area contributed by atoms with Crippen molar-refractivity contribution in [3.05, 3.63) is 23.2 Å². The van der Waals surface area contributed by atoms with Gasteiger partial charge in [0.2, 0.25) is 5.91 Å². The van der Waals surface area contributed by atoms with Crippen molar-refractivity contribution in [1.29, 1.82) is 0 Å². The second-order valence-electron chi connectivity index (χ2n) is 3.98. The van der Waals surface area contributed by atoms with E-state index in [1.165, 1.54) is 11.3 Å². The van der Waals surface area contributed by atoms with E-state index in [4.69, 9.17) is 16.3 Å². The average Bonchev–Trinajstić information content (AvgIpc) is 2.78. The van der Waals surface area contributed by atoms with Crippen LogP contribution < -0.4 is 5.32 Å². The first-order valence-electron chi connectivity index (χ1n) is 6.10. The largest absolute Gasteiger partial charge is 0.466 e. The second kappa shape index (κ2) is 6.67. The summed E-state index contributed by atoms with van der Waals surface area (Å²) in [6.07, 6.45) is 0.145. The van der Waals surface area contributed by atoms with Crippen molar-refractivity contribution in [1.82, 2.24) is 4.98 Å². The lowest BCUT2D eigenvalue weighted by Gasteiger charge is -2.01. The lowest BCUT2D eigenvalue weighted by atomic mass is 10.3. The molecule has 0 saturated heterocycles. The van der Waals surface area contributed by atoms with Gasteiger partial charge in [0.1, 0.15) is 0 Å². The molecule has 1 aromatic heterocycles. The Morgan fingerprint density at radius 3 is 2.95 bits per heavy atom. The van der Waals surface area contributed by atoms with Gasteiger partial charge in [-0.1, -0.05) is 22.9 Å². The Morgan fingerprint density at radius 2 is 2.20 bits per heavy atom. The number of nitrogens with zero attached hydrogens (tertiary/aromatic N) is 1. The van der Waals surface area contributed by atoms with E-state index in [-0.39, 0.29) is 24.7 Å². The van der Waals surface area contributed by atoms with Gasteiger partial charge in [-0.25, -0.2) is 4.98 Å². The number of esters is 1. The van der Waals surface area contributed by atoms with Gasteiger partial charge in [-0.15, -0.1) is 0 Å². The number of carbonyl (C=O) groups is 2. The zero-order valence-electron chi connectivity index (χ0n) is 10.8. The van der Waals surface area contributed by atoms with Crippen LogP contribution in [0, 0.1) is 0 Å². The number of rotatable bonds is 5. The first kappa shape index (κ1) is 14.7. The van der Waals surface area contributed by atoms with E-state index in [1.807, 2.05) is 0 Å². The molecule has 2 rings (SSSR count). The summed E-state index contributed by atoms with van der Waals surface area (Å²) in [4.78, 5) is 27.1. The zero-order valence-corrected chi connectivity index (χ0v) is 12.4. The molecule has 0 saturated carbocycles. The van der Waals surface area contributed by atoms with Crippen LogP contribution >= 0.6 is 22.9 Å². The maximum atomic E-state index is 11.7. The van der Waals surface area contributed by atoms with Gasteiger partial charge in [0.05, 0.1) is 23.2 Å². The van der Waals surface area contributed by atoms with Crippen LogP contribution in [-0.4, -0.2) is 23.5 Å². The lowest BCUT2D eigenvalue weighted by Crippen LogP contribution is -2.14. The summed E-state index contributed by atoms with van der Waals surface area (Å²) in [5.74, 6) is -0.637. The Balaban J connectivity index is 1.94. The molecule has 20 heavy (non-hydrogen) atoms. The molecule has 1 heterocycles. The Hall–Kier alpha value is -1.66. The summed E-state index contributed by atoms with van der Waals surface area (Å²) < 4.78 is 5.66. The minimum absolute atomic E-state index is 0.0659. The molecule has 1 amide bonds. The molecule has 2 aromatic rings. The van der Waals surface area contributed by atoms with Crippen molar-refractivity contribution in [2.75, 3.05) is 11.9 Å². The second-order valence-corrected chi connectivity index (χ2v) is 5.45. The molecule has 1 aromatic carbocycles. The van der Waals surface area contributed by atoms with Crippen molar-refractivity contribution in [3.63, 3.8) is 0 Å². The molecule has 0 fully saturated rings. The van der Waals surface area contributed by atoms with E-state index >= 15 is 0 Å². The quantitative estimate of drug-likeness (QED) is 0.861. The highest BCUT2D eigenvalue weighted by Crippen LogP contribution is 2.28. The molecular formula is C13H13ClN2O3S. The first-order valence-corrected chi connectivity index (χ1v) is 7.29. The fourth-order valence-corrected chi connectivity index (χ4v) is 2.74. The molecule has 5 nitrogen and oxygen atoms in total. The van der Waals surface area contributed by atoms with Crippen LogP contribution in [0.2, 0.25) is 5.02 Å². The van der Waals surface area contributed by atoms with Gasteiger partial charge in [0.25, 0.3) is 0 Å². The van der Waals surface area contributed by atoms with Crippen LogP contribution in [0.15, 0.2) is 18.2 Å². The number of benzene rings is 1. The molecule has 0 unspecified atom stereocenters. The highest BCUT2D eigenvalue weighted by atomic mass is 35.5. The van der Waals surface area contributed by atoms with Crippen LogP contribution in [0.5, 0.6) is 0 Å². The van der Waals surface area contributed by atoms with E-state index in [9.17, 15) is 9.59 Å². The van der Waals surface area contributed by atoms with Crippen LogP contribution in [0.25, 0.3) is 10.2 Å². The SMILES string of the molecule is CCOC(=O)CCC(=O)Nc1nc2ccc(Cl)cc2s1. The Labute approximate surface area is 124 Å². The van der Waals surface area contributed by atoms with Gasteiger partial charge < -0.3 is 10.1 Å². The lowest BCUT2D eigenvalue weighted by molar-refractivity contribution is -0.144. The third-order valence-electron chi connectivity index (χ3n) is 2.46. The van der Waals surface area contributed by atoms with Gasteiger partial charge in [0, 0.05) is 11.4 Å². The number of carbonyl (C=O) groups excluding carboxylic acids is 2. The molecule has 0 aliphatic heterocycles. The molecule has 0 bridgehead atoms. The topological polar surface area (TPSA) is 68.3 Å². The van der Waals surface area contributed by atoms with E-state index in [0.717, 1.165) is 10.2 Å². The van der Waals surface area contributed by atoms with Crippen LogP contribution in [0.3, 0.4) is 0 Å². The highest BCUT2D eigenvalue weighted by molar-refractivity contribution is 7.22. The fraction of sp³-hybridized carbons (Fsp3) is 0.308. The molecular weight excluding hydrogens is 300 g/mol.